The zero-order chi connectivity index (χ0) is 34.3. The van der Waals surface area contributed by atoms with E-state index in [-0.39, 0.29) is 24.4 Å². The molecule has 9 heteroatoms. The van der Waals surface area contributed by atoms with Gasteiger partial charge in [-0.1, -0.05) is 78.9 Å². The number of rotatable bonds is 11. The van der Waals surface area contributed by atoms with Gasteiger partial charge in [0, 0.05) is 28.7 Å². The van der Waals surface area contributed by atoms with E-state index in [0.717, 1.165) is 16.8 Å². The largest absolute Gasteiger partial charge is 0.493 e. The van der Waals surface area contributed by atoms with Gasteiger partial charge in [0.1, 0.15) is 13.2 Å². The quantitative estimate of drug-likeness (QED) is 0.148. The number of ether oxygens (including phenoxy) is 4. The summed E-state index contributed by atoms with van der Waals surface area (Å²) in [7, 11) is 3.14. The maximum atomic E-state index is 14.2. The molecule has 0 amide bonds. The van der Waals surface area contributed by atoms with Crippen molar-refractivity contribution in [3.05, 3.63) is 155 Å². The lowest BCUT2D eigenvalue weighted by Gasteiger charge is -2.30. The van der Waals surface area contributed by atoms with E-state index in [2.05, 4.69) is 5.32 Å². The molecule has 6 rings (SSSR count). The van der Waals surface area contributed by atoms with Crippen molar-refractivity contribution in [3.63, 3.8) is 0 Å². The Balaban J connectivity index is 1.51. The number of dihydropyridines is 1. The van der Waals surface area contributed by atoms with Crippen LogP contribution in [0.25, 0.3) is 16.9 Å². The minimum absolute atomic E-state index is 0.0610. The third-order valence-electron chi connectivity index (χ3n) is 8.36. The Hall–Kier alpha value is -6.09. The topological polar surface area (TPSA) is 101 Å². The van der Waals surface area contributed by atoms with Crippen molar-refractivity contribution in [2.75, 3.05) is 14.2 Å². The van der Waals surface area contributed by atoms with Gasteiger partial charge in [-0.15, -0.1) is 0 Å². The SMILES string of the molecule is COc1ccc(-c2nn(-c3ccccc3)cc2C2C(C(=O)OCc3ccccc3)=C(C)NC(C)=C2C(=O)OCc2ccccc2)cc1OC. The molecule has 0 saturated heterocycles. The maximum absolute atomic E-state index is 14.2. The molecule has 1 aromatic heterocycles. The molecule has 0 unspecified atom stereocenters. The number of allylic oxidation sites excluding steroid dienone is 2. The second-order valence-corrected chi connectivity index (χ2v) is 11.5. The van der Waals surface area contributed by atoms with Crippen LogP contribution < -0.4 is 14.8 Å². The molecule has 0 radical (unpaired) electrons. The van der Waals surface area contributed by atoms with Crippen LogP contribution in [0.2, 0.25) is 0 Å². The lowest BCUT2D eigenvalue weighted by atomic mass is 9.79. The molecule has 0 fully saturated rings. The number of esters is 2. The van der Waals surface area contributed by atoms with Gasteiger partial charge in [0.25, 0.3) is 0 Å². The van der Waals surface area contributed by atoms with E-state index >= 15 is 0 Å². The van der Waals surface area contributed by atoms with E-state index in [1.165, 1.54) is 0 Å². The smallest absolute Gasteiger partial charge is 0.337 e. The van der Waals surface area contributed by atoms with Crippen LogP contribution in [0.3, 0.4) is 0 Å². The second kappa shape index (κ2) is 14.8. The van der Waals surface area contributed by atoms with Gasteiger partial charge in [0.05, 0.1) is 42.7 Å². The highest BCUT2D eigenvalue weighted by Gasteiger charge is 2.40. The van der Waals surface area contributed by atoms with Gasteiger partial charge in [-0.3, -0.25) is 0 Å². The van der Waals surface area contributed by atoms with Crippen LogP contribution >= 0.6 is 0 Å². The molecule has 0 spiro atoms. The van der Waals surface area contributed by atoms with E-state index in [9.17, 15) is 9.59 Å². The number of hydrogen-bond acceptors (Lipinski definition) is 8. The van der Waals surface area contributed by atoms with E-state index in [1.807, 2.05) is 109 Å². The molecular weight excluding hydrogens is 618 g/mol. The fourth-order valence-corrected chi connectivity index (χ4v) is 5.97. The van der Waals surface area contributed by atoms with Gasteiger partial charge < -0.3 is 24.3 Å². The Morgan fingerprint density at radius 1 is 0.694 bits per heavy atom. The molecular formula is C40H37N3O6. The molecule has 0 atom stereocenters. The number of aromatic nitrogens is 2. The van der Waals surface area contributed by atoms with Crippen LogP contribution in [0.5, 0.6) is 11.5 Å². The van der Waals surface area contributed by atoms with Crippen molar-refractivity contribution in [2.45, 2.75) is 33.0 Å². The average Bonchev–Trinajstić information content (AvgIpc) is 3.59. The Morgan fingerprint density at radius 3 is 1.71 bits per heavy atom. The summed E-state index contributed by atoms with van der Waals surface area (Å²) in [6.07, 6.45) is 1.85. The second-order valence-electron chi connectivity index (χ2n) is 11.5. The Morgan fingerprint density at radius 2 is 1.20 bits per heavy atom. The molecule has 49 heavy (non-hydrogen) atoms. The molecule has 5 aromatic rings. The van der Waals surface area contributed by atoms with Crippen molar-refractivity contribution in [1.82, 2.24) is 15.1 Å². The Kier molecular flexibility index (Phi) is 9.90. The number of methoxy groups -OCH3 is 2. The minimum atomic E-state index is -0.895. The minimum Gasteiger partial charge on any atom is -0.493 e. The van der Waals surface area contributed by atoms with Crippen molar-refractivity contribution >= 4 is 11.9 Å². The lowest BCUT2D eigenvalue weighted by Crippen LogP contribution is -2.32. The van der Waals surface area contributed by atoms with Gasteiger partial charge in [-0.25, -0.2) is 14.3 Å². The third kappa shape index (κ3) is 7.11. The summed E-state index contributed by atoms with van der Waals surface area (Å²) in [4.78, 5) is 28.3. The standard InChI is InChI=1S/C40H37N3O6/c1-26-35(39(44)48-24-28-14-8-5-9-15-28)37(36(27(2)41-26)40(45)49-25-29-16-10-6-11-17-29)32-23-43(31-18-12-7-13-19-31)42-38(32)30-20-21-33(46-3)34(22-30)47-4/h5-23,37,41H,24-25H2,1-4H3. The van der Waals surface area contributed by atoms with Crippen LogP contribution in [-0.4, -0.2) is 35.9 Å². The van der Waals surface area contributed by atoms with E-state index in [4.69, 9.17) is 24.0 Å². The first-order valence-corrected chi connectivity index (χ1v) is 15.9. The van der Waals surface area contributed by atoms with Gasteiger partial charge in [-0.05, 0) is 55.3 Å². The van der Waals surface area contributed by atoms with Crippen LogP contribution in [-0.2, 0) is 32.3 Å². The molecule has 4 aromatic carbocycles. The van der Waals surface area contributed by atoms with Crippen molar-refractivity contribution in [3.8, 4) is 28.4 Å². The number of benzene rings is 4. The number of carbonyl (C=O) groups excluding carboxylic acids is 2. The van der Waals surface area contributed by atoms with Crippen molar-refractivity contribution in [2.24, 2.45) is 0 Å². The third-order valence-corrected chi connectivity index (χ3v) is 8.36. The summed E-state index contributed by atoms with van der Waals surface area (Å²) in [5.74, 6) is -0.961. The summed E-state index contributed by atoms with van der Waals surface area (Å²) in [5, 5.41) is 8.29. The highest BCUT2D eigenvalue weighted by Crippen LogP contribution is 2.44. The van der Waals surface area contributed by atoms with Crippen LogP contribution in [0.15, 0.2) is 138 Å². The zero-order valence-corrected chi connectivity index (χ0v) is 27.8. The normalized spacial score (nSPS) is 13.1. The van der Waals surface area contributed by atoms with Gasteiger partial charge in [0.15, 0.2) is 11.5 Å². The number of nitrogens with zero attached hydrogens (tertiary/aromatic N) is 2. The summed E-state index contributed by atoms with van der Waals surface area (Å²) >= 11 is 0. The fourth-order valence-electron chi connectivity index (χ4n) is 5.97. The van der Waals surface area contributed by atoms with Gasteiger partial charge in [0.2, 0.25) is 0 Å². The monoisotopic (exact) mass is 655 g/mol. The molecule has 1 aliphatic heterocycles. The summed E-state index contributed by atoms with van der Waals surface area (Å²) in [6.45, 7) is 3.73. The molecule has 9 nitrogen and oxygen atoms in total. The summed E-state index contributed by atoms with van der Waals surface area (Å²) < 4.78 is 24.7. The van der Waals surface area contributed by atoms with E-state index in [1.54, 1.807) is 38.8 Å². The van der Waals surface area contributed by atoms with Gasteiger partial charge in [-0.2, -0.15) is 5.10 Å². The molecule has 2 heterocycles. The average molecular weight is 656 g/mol. The molecule has 0 aliphatic carbocycles. The number of nitrogens with one attached hydrogen (secondary N) is 1. The first kappa shape index (κ1) is 32.8. The van der Waals surface area contributed by atoms with Crippen LogP contribution in [0.4, 0.5) is 0 Å². The molecule has 1 aliphatic rings. The predicted molar refractivity (Wildman–Crippen MR) is 186 cm³/mol. The Labute approximate surface area is 285 Å². The van der Waals surface area contributed by atoms with E-state index in [0.29, 0.717) is 39.7 Å². The molecule has 248 valence electrons. The number of hydrogen-bond donors (Lipinski definition) is 1. The highest BCUT2D eigenvalue weighted by atomic mass is 16.5. The van der Waals surface area contributed by atoms with Crippen LogP contribution in [0.1, 0.15) is 36.5 Å². The summed E-state index contributed by atoms with van der Waals surface area (Å²) in [6, 6.07) is 34.1. The van der Waals surface area contributed by atoms with Crippen LogP contribution in [0, 0.1) is 0 Å². The zero-order valence-electron chi connectivity index (χ0n) is 27.8. The van der Waals surface area contributed by atoms with Crippen molar-refractivity contribution in [1.29, 1.82) is 0 Å². The number of carbonyl (C=O) groups is 2. The predicted octanol–water partition coefficient (Wildman–Crippen LogP) is 7.28. The molecule has 1 N–H and O–H groups in total. The fraction of sp³-hybridized carbons (Fsp3) is 0.175. The van der Waals surface area contributed by atoms with E-state index < -0.39 is 17.9 Å². The van der Waals surface area contributed by atoms with Gasteiger partial charge >= 0.3 is 11.9 Å². The van der Waals surface area contributed by atoms with Crippen molar-refractivity contribution < 1.29 is 28.5 Å². The molecule has 0 saturated carbocycles. The lowest BCUT2D eigenvalue weighted by molar-refractivity contribution is -0.141. The highest BCUT2D eigenvalue weighted by molar-refractivity contribution is 6.00. The first-order chi connectivity index (χ1) is 23.9. The number of para-hydroxylation sites is 1. The summed E-state index contributed by atoms with van der Waals surface area (Å²) in [5.41, 5.74) is 6.01. The maximum Gasteiger partial charge on any atom is 0.337 e. The Bertz CT molecular complexity index is 1940. The first-order valence-electron chi connectivity index (χ1n) is 15.9. The molecule has 0 bridgehead atoms.